The van der Waals surface area contributed by atoms with Crippen molar-refractivity contribution in [2.75, 3.05) is 11.9 Å². The van der Waals surface area contributed by atoms with Crippen molar-refractivity contribution in [1.29, 1.82) is 0 Å². The van der Waals surface area contributed by atoms with Crippen molar-refractivity contribution in [2.24, 2.45) is 11.3 Å². The van der Waals surface area contributed by atoms with Crippen LogP contribution in [0.5, 0.6) is 0 Å². The highest BCUT2D eigenvalue weighted by molar-refractivity contribution is 7.17. The van der Waals surface area contributed by atoms with E-state index in [-0.39, 0.29) is 10.3 Å². The van der Waals surface area contributed by atoms with E-state index in [1.54, 1.807) is 0 Å². The predicted molar refractivity (Wildman–Crippen MR) is 68.7 cm³/mol. The number of hydrogen-bond acceptors (Lipinski definition) is 4. The molecule has 0 amide bonds. The molecule has 0 spiro atoms. The van der Waals surface area contributed by atoms with Crippen molar-refractivity contribution in [3.63, 3.8) is 0 Å². The Labute approximate surface area is 105 Å². The van der Waals surface area contributed by atoms with E-state index in [2.05, 4.69) is 24.1 Å². The molecule has 0 radical (unpaired) electrons. The van der Waals surface area contributed by atoms with Crippen LogP contribution < -0.4 is 5.32 Å². The molecule has 5 heteroatoms. The molecule has 17 heavy (non-hydrogen) atoms. The SMILES string of the molecule is CC(C)(CNc1ncc(C(=O)O)s1)C1CCC1. The number of nitrogens with one attached hydrogen (secondary N) is 1. The van der Waals surface area contributed by atoms with Crippen molar-refractivity contribution in [3.05, 3.63) is 11.1 Å². The van der Waals surface area contributed by atoms with E-state index in [0.717, 1.165) is 12.5 Å². The van der Waals surface area contributed by atoms with Crippen molar-refractivity contribution in [1.82, 2.24) is 4.98 Å². The van der Waals surface area contributed by atoms with Gasteiger partial charge >= 0.3 is 5.97 Å². The number of carboxylic acids is 1. The third-order valence-corrected chi connectivity index (χ3v) is 4.57. The van der Waals surface area contributed by atoms with Gasteiger partial charge in [0.05, 0.1) is 6.20 Å². The Kier molecular flexibility index (Phi) is 3.38. The fourth-order valence-corrected chi connectivity index (χ4v) is 2.74. The molecule has 1 heterocycles. The molecule has 0 bridgehead atoms. The van der Waals surface area contributed by atoms with E-state index in [0.29, 0.717) is 5.13 Å². The molecule has 0 aliphatic heterocycles. The molecule has 0 saturated heterocycles. The Morgan fingerprint density at radius 2 is 2.35 bits per heavy atom. The fraction of sp³-hybridized carbons (Fsp3) is 0.667. The van der Waals surface area contributed by atoms with Gasteiger partial charge in [0.1, 0.15) is 4.88 Å². The number of aromatic nitrogens is 1. The van der Waals surface area contributed by atoms with Gasteiger partial charge in [-0.1, -0.05) is 31.6 Å². The number of carboxylic acid groups (broad SMARTS) is 1. The zero-order valence-electron chi connectivity index (χ0n) is 10.2. The first-order valence-corrected chi connectivity index (χ1v) is 6.74. The molecule has 1 fully saturated rings. The molecular weight excluding hydrogens is 236 g/mol. The van der Waals surface area contributed by atoms with Gasteiger partial charge in [0.2, 0.25) is 0 Å². The molecular formula is C12H18N2O2S. The number of nitrogens with zero attached hydrogens (tertiary/aromatic N) is 1. The summed E-state index contributed by atoms with van der Waals surface area (Å²) in [5, 5.41) is 12.8. The summed E-state index contributed by atoms with van der Waals surface area (Å²) in [6, 6.07) is 0. The first-order chi connectivity index (χ1) is 7.99. The largest absolute Gasteiger partial charge is 0.477 e. The summed E-state index contributed by atoms with van der Waals surface area (Å²) in [5.41, 5.74) is 0.257. The van der Waals surface area contributed by atoms with Gasteiger partial charge < -0.3 is 10.4 Å². The monoisotopic (exact) mass is 254 g/mol. The van der Waals surface area contributed by atoms with Crippen molar-refractivity contribution >= 4 is 22.4 Å². The summed E-state index contributed by atoms with van der Waals surface area (Å²) in [7, 11) is 0. The van der Waals surface area contributed by atoms with Crippen molar-refractivity contribution in [3.8, 4) is 0 Å². The van der Waals surface area contributed by atoms with Gasteiger partial charge in [-0.25, -0.2) is 9.78 Å². The second-order valence-electron chi connectivity index (χ2n) is 5.30. The van der Waals surface area contributed by atoms with E-state index in [1.165, 1.54) is 36.8 Å². The van der Waals surface area contributed by atoms with Crippen LogP contribution in [0.25, 0.3) is 0 Å². The average molecular weight is 254 g/mol. The van der Waals surface area contributed by atoms with E-state index in [4.69, 9.17) is 5.11 Å². The summed E-state index contributed by atoms with van der Waals surface area (Å²) < 4.78 is 0. The second-order valence-corrected chi connectivity index (χ2v) is 6.34. The van der Waals surface area contributed by atoms with Crippen LogP contribution in [0.15, 0.2) is 6.20 Å². The molecule has 1 saturated carbocycles. The maximum Gasteiger partial charge on any atom is 0.347 e. The molecule has 1 aromatic rings. The van der Waals surface area contributed by atoms with Gasteiger partial charge in [0.15, 0.2) is 5.13 Å². The molecule has 1 aliphatic rings. The second kappa shape index (κ2) is 4.64. The molecule has 2 N–H and O–H groups in total. The van der Waals surface area contributed by atoms with Gasteiger partial charge in [-0.3, -0.25) is 0 Å². The first kappa shape index (κ1) is 12.4. The van der Waals surface area contributed by atoms with Crippen LogP contribution in [0.3, 0.4) is 0 Å². The lowest BCUT2D eigenvalue weighted by molar-refractivity contribution is 0.0702. The van der Waals surface area contributed by atoms with Gasteiger partial charge in [-0.05, 0) is 24.2 Å². The Balaban J connectivity index is 1.90. The minimum Gasteiger partial charge on any atom is -0.477 e. The van der Waals surface area contributed by atoms with Gasteiger partial charge in [0.25, 0.3) is 0 Å². The minimum atomic E-state index is -0.909. The lowest BCUT2D eigenvalue weighted by atomic mass is 9.67. The molecule has 0 unspecified atom stereocenters. The minimum absolute atomic E-state index is 0.257. The summed E-state index contributed by atoms with van der Waals surface area (Å²) in [4.78, 5) is 15.1. The Bertz CT molecular complexity index is 410. The highest BCUT2D eigenvalue weighted by Crippen LogP contribution is 2.41. The maximum atomic E-state index is 10.7. The van der Waals surface area contributed by atoms with Crippen LogP contribution in [-0.2, 0) is 0 Å². The van der Waals surface area contributed by atoms with Crippen LogP contribution in [0.2, 0.25) is 0 Å². The third-order valence-electron chi connectivity index (χ3n) is 3.62. The van der Waals surface area contributed by atoms with Crippen molar-refractivity contribution < 1.29 is 9.90 Å². The Hall–Kier alpha value is -1.10. The van der Waals surface area contributed by atoms with Crippen LogP contribution >= 0.6 is 11.3 Å². The molecule has 1 aliphatic carbocycles. The normalized spacial score (nSPS) is 16.6. The number of carbonyl (C=O) groups is 1. The zero-order valence-corrected chi connectivity index (χ0v) is 11.0. The van der Waals surface area contributed by atoms with Crippen LogP contribution in [0.4, 0.5) is 5.13 Å². The quantitative estimate of drug-likeness (QED) is 0.847. The zero-order chi connectivity index (χ0) is 12.5. The molecule has 4 nitrogen and oxygen atoms in total. The molecule has 0 aromatic carbocycles. The van der Waals surface area contributed by atoms with E-state index in [1.807, 2.05) is 0 Å². The van der Waals surface area contributed by atoms with E-state index < -0.39 is 5.97 Å². The number of aromatic carboxylic acids is 1. The van der Waals surface area contributed by atoms with Crippen LogP contribution in [0, 0.1) is 11.3 Å². The number of hydrogen-bond donors (Lipinski definition) is 2. The van der Waals surface area contributed by atoms with E-state index >= 15 is 0 Å². The van der Waals surface area contributed by atoms with Gasteiger partial charge in [-0.15, -0.1) is 0 Å². The predicted octanol–water partition coefficient (Wildman–Crippen LogP) is 3.08. The molecule has 0 atom stereocenters. The maximum absolute atomic E-state index is 10.7. The molecule has 2 rings (SSSR count). The molecule has 1 aromatic heterocycles. The van der Waals surface area contributed by atoms with Crippen LogP contribution in [-0.4, -0.2) is 22.6 Å². The number of thiazole rings is 1. The molecule has 94 valence electrons. The number of anilines is 1. The van der Waals surface area contributed by atoms with Crippen LogP contribution in [0.1, 0.15) is 42.8 Å². The lowest BCUT2D eigenvalue weighted by Gasteiger charge is -2.40. The standard InChI is InChI=1S/C12H18N2O2S/c1-12(2,8-4-3-5-8)7-14-11-13-6-9(17-11)10(15)16/h6,8H,3-5,7H2,1-2H3,(H,13,14)(H,15,16). The van der Waals surface area contributed by atoms with Gasteiger partial charge in [0, 0.05) is 6.54 Å². The summed E-state index contributed by atoms with van der Waals surface area (Å²) in [5.74, 6) is -0.122. The lowest BCUT2D eigenvalue weighted by Crippen LogP contribution is -2.35. The Morgan fingerprint density at radius 3 is 2.82 bits per heavy atom. The Morgan fingerprint density at radius 1 is 1.65 bits per heavy atom. The van der Waals surface area contributed by atoms with E-state index in [9.17, 15) is 4.79 Å². The fourth-order valence-electron chi connectivity index (χ4n) is 2.09. The summed E-state index contributed by atoms with van der Waals surface area (Å²) >= 11 is 1.20. The summed E-state index contributed by atoms with van der Waals surface area (Å²) in [6.45, 7) is 5.37. The third kappa shape index (κ3) is 2.77. The van der Waals surface area contributed by atoms with Gasteiger partial charge in [-0.2, -0.15) is 0 Å². The highest BCUT2D eigenvalue weighted by Gasteiger charge is 2.33. The van der Waals surface area contributed by atoms with Crippen molar-refractivity contribution in [2.45, 2.75) is 33.1 Å². The highest BCUT2D eigenvalue weighted by atomic mass is 32.1. The number of rotatable bonds is 5. The topological polar surface area (TPSA) is 62.2 Å². The average Bonchev–Trinajstić information content (AvgIpc) is 2.59. The summed E-state index contributed by atoms with van der Waals surface area (Å²) in [6.07, 6.45) is 5.38. The smallest absolute Gasteiger partial charge is 0.347 e. The first-order valence-electron chi connectivity index (χ1n) is 5.92.